The Labute approximate surface area is 149 Å². The lowest BCUT2D eigenvalue weighted by Gasteiger charge is -2.24. The fourth-order valence-corrected chi connectivity index (χ4v) is 2.36. The van der Waals surface area contributed by atoms with Crippen molar-refractivity contribution in [3.8, 4) is 0 Å². The van der Waals surface area contributed by atoms with Gasteiger partial charge in [-0.15, -0.1) is 0 Å². The summed E-state index contributed by atoms with van der Waals surface area (Å²) in [5.74, 6) is 0. The number of rotatable bonds is 7. The van der Waals surface area contributed by atoms with Crippen molar-refractivity contribution < 1.29 is 9.53 Å². The number of carbonyl (C=O) groups is 1. The van der Waals surface area contributed by atoms with Crippen LogP contribution in [0.5, 0.6) is 0 Å². The van der Waals surface area contributed by atoms with E-state index < -0.39 is 11.7 Å². The van der Waals surface area contributed by atoms with Gasteiger partial charge in [0.1, 0.15) is 11.9 Å². The lowest BCUT2D eigenvalue weighted by Crippen LogP contribution is -2.36. The molecule has 0 saturated carbocycles. The summed E-state index contributed by atoms with van der Waals surface area (Å²) in [5.41, 5.74) is 1.56. The molecule has 1 aromatic heterocycles. The van der Waals surface area contributed by atoms with Gasteiger partial charge >= 0.3 is 6.09 Å². The van der Waals surface area contributed by atoms with Crippen molar-refractivity contribution in [3.63, 3.8) is 0 Å². The fourth-order valence-electron chi connectivity index (χ4n) is 2.36. The second-order valence-electron chi connectivity index (χ2n) is 6.82. The molecule has 1 amide bonds. The van der Waals surface area contributed by atoms with Gasteiger partial charge in [0, 0.05) is 24.5 Å². The molecule has 0 bridgehead atoms. The fraction of sp³-hybridized carbons (Fsp3) is 0.421. The molecule has 134 valence electrons. The largest absolute Gasteiger partial charge is 0.444 e. The van der Waals surface area contributed by atoms with Gasteiger partial charge in [0.2, 0.25) is 0 Å². The maximum atomic E-state index is 12.1. The first-order valence-electron chi connectivity index (χ1n) is 8.43. The van der Waals surface area contributed by atoms with Crippen LogP contribution in [0, 0.1) is 0 Å². The molecule has 0 aliphatic heterocycles. The van der Waals surface area contributed by atoms with E-state index in [0.717, 1.165) is 24.1 Å². The van der Waals surface area contributed by atoms with Crippen LogP contribution < -0.4 is 10.6 Å². The number of benzene rings is 1. The van der Waals surface area contributed by atoms with Crippen molar-refractivity contribution >= 4 is 6.09 Å². The molecule has 0 spiro atoms. The number of nitrogens with one attached hydrogen (secondary N) is 2. The molecule has 2 rings (SSSR count). The molecular weight excluding hydrogens is 316 g/mol. The van der Waals surface area contributed by atoms with Crippen LogP contribution >= 0.6 is 0 Å². The maximum Gasteiger partial charge on any atom is 0.408 e. The predicted octanol–water partition coefficient (Wildman–Crippen LogP) is 3.22. The van der Waals surface area contributed by atoms with Crippen molar-refractivity contribution in [1.29, 1.82) is 0 Å². The second-order valence-corrected chi connectivity index (χ2v) is 6.82. The number of nitrogens with zero attached hydrogens (tertiary/aromatic N) is 2. The molecule has 0 radical (unpaired) electrons. The van der Waals surface area contributed by atoms with Crippen LogP contribution in [0.1, 0.15) is 44.4 Å². The molecule has 6 nitrogen and oxygen atoms in total. The van der Waals surface area contributed by atoms with E-state index in [4.69, 9.17) is 4.74 Å². The second kappa shape index (κ2) is 9.13. The molecule has 1 unspecified atom stereocenters. The Balaban J connectivity index is 1.89. The van der Waals surface area contributed by atoms with E-state index in [-0.39, 0.29) is 6.04 Å². The number of carbonyl (C=O) groups excluding carboxylic acids is 1. The highest BCUT2D eigenvalue weighted by Crippen LogP contribution is 2.17. The van der Waals surface area contributed by atoms with Gasteiger partial charge in [-0.2, -0.15) is 0 Å². The maximum absolute atomic E-state index is 12.1. The third kappa shape index (κ3) is 7.30. The van der Waals surface area contributed by atoms with Crippen LogP contribution in [0.15, 0.2) is 49.1 Å². The van der Waals surface area contributed by atoms with E-state index in [1.165, 1.54) is 6.33 Å². The first kappa shape index (κ1) is 18.9. The third-order valence-electron chi connectivity index (χ3n) is 3.45. The van der Waals surface area contributed by atoms with E-state index in [1.807, 2.05) is 51.1 Å². The third-order valence-corrected chi connectivity index (χ3v) is 3.45. The van der Waals surface area contributed by atoms with Crippen LogP contribution in [0.3, 0.4) is 0 Å². The monoisotopic (exact) mass is 342 g/mol. The van der Waals surface area contributed by atoms with Crippen molar-refractivity contribution in [1.82, 2.24) is 20.6 Å². The van der Waals surface area contributed by atoms with Crippen LogP contribution in [0.25, 0.3) is 0 Å². The average molecular weight is 342 g/mol. The van der Waals surface area contributed by atoms with Gasteiger partial charge in [-0.05, 0) is 39.3 Å². The zero-order valence-corrected chi connectivity index (χ0v) is 15.0. The molecule has 0 saturated heterocycles. The lowest BCUT2D eigenvalue weighted by atomic mass is 10.0. The molecule has 1 atom stereocenters. The van der Waals surface area contributed by atoms with Crippen LogP contribution in [0.4, 0.5) is 4.79 Å². The zero-order valence-electron chi connectivity index (χ0n) is 15.0. The Hall–Kier alpha value is -2.47. The summed E-state index contributed by atoms with van der Waals surface area (Å²) in [6.07, 6.45) is 5.43. The quantitative estimate of drug-likeness (QED) is 0.756. The standard InChI is InChI=1S/C19H26N4O2/c1-19(2,3)25-18(24)23-17(16-7-5-4-6-8-16)9-10-20-11-15-12-21-14-22-13-15/h4-8,12-14,17,20H,9-11H2,1-3H3,(H,23,24). The summed E-state index contributed by atoms with van der Waals surface area (Å²) in [6, 6.07) is 9.79. The molecule has 6 heteroatoms. The molecule has 1 heterocycles. The number of hydrogen-bond acceptors (Lipinski definition) is 5. The molecule has 2 N–H and O–H groups in total. The normalized spacial score (nSPS) is 12.4. The number of aromatic nitrogens is 2. The van der Waals surface area contributed by atoms with E-state index in [9.17, 15) is 4.79 Å². The van der Waals surface area contributed by atoms with Crippen LogP contribution in [-0.2, 0) is 11.3 Å². The first-order chi connectivity index (χ1) is 11.9. The molecule has 1 aromatic carbocycles. The smallest absolute Gasteiger partial charge is 0.408 e. The molecule has 25 heavy (non-hydrogen) atoms. The summed E-state index contributed by atoms with van der Waals surface area (Å²) < 4.78 is 5.38. The Bertz CT molecular complexity index is 641. The van der Waals surface area contributed by atoms with Gasteiger partial charge in [0.05, 0.1) is 6.04 Å². The Kier molecular flexibility index (Phi) is 6.89. The van der Waals surface area contributed by atoms with E-state index >= 15 is 0 Å². The van der Waals surface area contributed by atoms with Crippen LogP contribution in [0.2, 0.25) is 0 Å². The van der Waals surface area contributed by atoms with Crippen molar-refractivity contribution in [3.05, 3.63) is 60.2 Å². The van der Waals surface area contributed by atoms with Crippen molar-refractivity contribution in [2.24, 2.45) is 0 Å². The highest BCUT2D eigenvalue weighted by Gasteiger charge is 2.20. The Morgan fingerprint density at radius 3 is 2.48 bits per heavy atom. The van der Waals surface area contributed by atoms with Crippen molar-refractivity contribution in [2.45, 2.75) is 45.4 Å². The highest BCUT2D eigenvalue weighted by molar-refractivity contribution is 5.68. The van der Waals surface area contributed by atoms with Gasteiger partial charge in [0.15, 0.2) is 0 Å². The van der Waals surface area contributed by atoms with Gasteiger partial charge < -0.3 is 15.4 Å². The summed E-state index contributed by atoms with van der Waals surface area (Å²) in [6.45, 7) is 6.99. The molecule has 0 fully saturated rings. The molecule has 0 aliphatic rings. The topological polar surface area (TPSA) is 76.1 Å². The number of amides is 1. The zero-order chi connectivity index (χ0) is 18.1. The first-order valence-corrected chi connectivity index (χ1v) is 8.43. The van der Waals surface area contributed by atoms with Crippen molar-refractivity contribution in [2.75, 3.05) is 6.54 Å². The highest BCUT2D eigenvalue weighted by atomic mass is 16.6. The van der Waals surface area contributed by atoms with Gasteiger partial charge in [-0.25, -0.2) is 14.8 Å². The number of hydrogen-bond donors (Lipinski definition) is 2. The average Bonchev–Trinajstić information content (AvgIpc) is 2.58. The lowest BCUT2D eigenvalue weighted by molar-refractivity contribution is 0.0501. The number of alkyl carbamates (subject to hydrolysis) is 1. The summed E-state index contributed by atoms with van der Waals surface area (Å²) in [4.78, 5) is 20.1. The summed E-state index contributed by atoms with van der Waals surface area (Å²) >= 11 is 0. The van der Waals surface area contributed by atoms with Gasteiger partial charge in [-0.3, -0.25) is 0 Å². The van der Waals surface area contributed by atoms with Gasteiger partial charge in [0.25, 0.3) is 0 Å². The molecular formula is C19H26N4O2. The summed E-state index contributed by atoms with van der Waals surface area (Å²) in [5, 5.41) is 6.31. The van der Waals surface area contributed by atoms with E-state index in [1.54, 1.807) is 12.4 Å². The van der Waals surface area contributed by atoms with Crippen LogP contribution in [-0.4, -0.2) is 28.2 Å². The predicted molar refractivity (Wildman–Crippen MR) is 96.9 cm³/mol. The van der Waals surface area contributed by atoms with Gasteiger partial charge in [-0.1, -0.05) is 30.3 Å². The minimum atomic E-state index is -0.517. The van der Waals surface area contributed by atoms with E-state index in [0.29, 0.717) is 6.54 Å². The molecule has 2 aromatic rings. The SMILES string of the molecule is CC(C)(C)OC(=O)NC(CCNCc1cncnc1)c1ccccc1. The van der Waals surface area contributed by atoms with E-state index in [2.05, 4.69) is 20.6 Å². The Morgan fingerprint density at radius 2 is 1.84 bits per heavy atom. The minimum Gasteiger partial charge on any atom is -0.444 e. The summed E-state index contributed by atoms with van der Waals surface area (Å²) in [7, 11) is 0. The Morgan fingerprint density at radius 1 is 1.16 bits per heavy atom. The number of ether oxygens (including phenoxy) is 1. The molecule has 0 aliphatic carbocycles. The minimum absolute atomic E-state index is 0.115.